The fraction of sp³-hybridized carbons (Fsp3) is 0.562. The van der Waals surface area contributed by atoms with E-state index in [1.165, 1.54) is 5.56 Å². The van der Waals surface area contributed by atoms with Gasteiger partial charge in [-0.15, -0.1) is 12.4 Å². The number of piperidine rings is 1. The number of nitrogens with two attached hydrogens (primary N) is 1. The number of hydrogen-bond donors (Lipinski definition) is 1. The molecule has 2 rings (SSSR count). The van der Waals surface area contributed by atoms with Crippen LogP contribution in [0.4, 0.5) is 0 Å². The number of rotatable bonds is 1. The van der Waals surface area contributed by atoms with E-state index in [0.717, 1.165) is 30.6 Å². The van der Waals surface area contributed by atoms with E-state index in [0.29, 0.717) is 0 Å². The second-order valence-corrected chi connectivity index (χ2v) is 6.36. The highest BCUT2D eigenvalue weighted by atomic mass is 35.5. The summed E-state index contributed by atoms with van der Waals surface area (Å²) in [5, 5.41) is 0. The standard InChI is InChI=1S/C16H24N2O.ClH/c1-11-6-5-7-13(12(11)2)15(19)18-9-8-14(17)16(3,4)10-18;/h5-7,14H,8-10,17H2,1-4H3;1H. The van der Waals surface area contributed by atoms with Gasteiger partial charge in [0.1, 0.15) is 0 Å². The van der Waals surface area contributed by atoms with Crippen molar-refractivity contribution in [3.8, 4) is 0 Å². The Morgan fingerprint density at radius 2 is 2.00 bits per heavy atom. The van der Waals surface area contributed by atoms with Gasteiger partial charge in [-0.2, -0.15) is 0 Å². The number of amides is 1. The topological polar surface area (TPSA) is 46.3 Å². The van der Waals surface area contributed by atoms with Crippen molar-refractivity contribution in [2.75, 3.05) is 13.1 Å². The minimum Gasteiger partial charge on any atom is -0.338 e. The maximum atomic E-state index is 12.7. The van der Waals surface area contributed by atoms with Crippen LogP contribution in [0.3, 0.4) is 0 Å². The molecule has 1 saturated heterocycles. The molecule has 1 aromatic carbocycles. The lowest BCUT2D eigenvalue weighted by molar-refractivity contribution is 0.0532. The van der Waals surface area contributed by atoms with E-state index in [1.807, 2.05) is 36.9 Å². The average Bonchev–Trinajstić information content (AvgIpc) is 2.35. The second kappa shape index (κ2) is 6.15. The largest absolute Gasteiger partial charge is 0.338 e. The Kier molecular flexibility index (Phi) is 5.22. The van der Waals surface area contributed by atoms with E-state index in [9.17, 15) is 4.79 Å². The first-order chi connectivity index (χ1) is 8.83. The van der Waals surface area contributed by atoms with Gasteiger partial charge in [0.2, 0.25) is 0 Å². The summed E-state index contributed by atoms with van der Waals surface area (Å²) in [6, 6.07) is 6.10. The molecule has 1 aromatic rings. The van der Waals surface area contributed by atoms with Crippen molar-refractivity contribution in [2.24, 2.45) is 11.1 Å². The molecule has 0 aliphatic carbocycles. The molecule has 1 heterocycles. The van der Waals surface area contributed by atoms with Crippen LogP contribution in [0.5, 0.6) is 0 Å². The lowest BCUT2D eigenvalue weighted by Crippen LogP contribution is -2.54. The molecule has 1 amide bonds. The molecule has 1 aliphatic rings. The van der Waals surface area contributed by atoms with Gasteiger partial charge < -0.3 is 10.6 Å². The van der Waals surface area contributed by atoms with Crippen molar-refractivity contribution < 1.29 is 4.79 Å². The summed E-state index contributed by atoms with van der Waals surface area (Å²) in [7, 11) is 0. The van der Waals surface area contributed by atoms with Crippen molar-refractivity contribution in [3.05, 3.63) is 34.9 Å². The highest BCUT2D eigenvalue weighted by molar-refractivity contribution is 5.96. The summed E-state index contributed by atoms with van der Waals surface area (Å²) in [5.74, 6) is 0.140. The van der Waals surface area contributed by atoms with Gasteiger partial charge in [-0.05, 0) is 42.9 Å². The van der Waals surface area contributed by atoms with E-state index < -0.39 is 0 Å². The Hall–Kier alpha value is -1.06. The molecule has 0 aromatic heterocycles. The predicted octanol–water partition coefficient (Wildman–Crippen LogP) is 2.92. The monoisotopic (exact) mass is 296 g/mol. The van der Waals surface area contributed by atoms with Crippen LogP contribution in [-0.2, 0) is 0 Å². The van der Waals surface area contributed by atoms with E-state index in [1.54, 1.807) is 0 Å². The van der Waals surface area contributed by atoms with Gasteiger partial charge in [0.05, 0.1) is 0 Å². The number of aryl methyl sites for hydroxylation is 1. The lowest BCUT2D eigenvalue weighted by Gasteiger charge is -2.42. The molecule has 1 atom stereocenters. The van der Waals surface area contributed by atoms with Crippen molar-refractivity contribution >= 4 is 18.3 Å². The van der Waals surface area contributed by atoms with Crippen LogP contribution >= 0.6 is 12.4 Å². The molecule has 0 saturated carbocycles. The Bertz CT molecular complexity index is 499. The molecule has 112 valence electrons. The maximum absolute atomic E-state index is 12.7. The van der Waals surface area contributed by atoms with Gasteiger partial charge in [0.25, 0.3) is 5.91 Å². The summed E-state index contributed by atoms with van der Waals surface area (Å²) in [5.41, 5.74) is 9.20. The van der Waals surface area contributed by atoms with Gasteiger partial charge >= 0.3 is 0 Å². The molecule has 3 nitrogen and oxygen atoms in total. The summed E-state index contributed by atoms with van der Waals surface area (Å²) >= 11 is 0. The van der Waals surface area contributed by atoms with Crippen molar-refractivity contribution in [1.29, 1.82) is 0 Å². The first kappa shape index (κ1) is 17.0. The lowest BCUT2D eigenvalue weighted by atomic mass is 9.79. The van der Waals surface area contributed by atoms with Gasteiger partial charge in [-0.1, -0.05) is 26.0 Å². The third kappa shape index (κ3) is 3.15. The zero-order valence-corrected chi connectivity index (χ0v) is 13.6. The average molecular weight is 297 g/mol. The minimum atomic E-state index is -0.00829. The van der Waals surface area contributed by atoms with Crippen molar-refractivity contribution in [1.82, 2.24) is 4.90 Å². The van der Waals surface area contributed by atoms with Gasteiger partial charge in [0.15, 0.2) is 0 Å². The maximum Gasteiger partial charge on any atom is 0.254 e. The molecule has 0 spiro atoms. The number of carbonyl (C=O) groups excluding carboxylic acids is 1. The van der Waals surface area contributed by atoms with Crippen LogP contribution in [0.2, 0.25) is 0 Å². The van der Waals surface area contributed by atoms with Crippen LogP contribution in [0, 0.1) is 19.3 Å². The van der Waals surface area contributed by atoms with Gasteiger partial charge in [-0.25, -0.2) is 0 Å². The Labute approximate surface area is 127 Å². The number of carbonyl (C=O) groups is 1. The number of halogens is 1. The smallest absolute Gasteiger partial charge is 0.254 e. The van der Waals surface area contributed by atoms with E-state index >= 15 is 0 Å². The molecule has 0 bridgehead atoms. The highest BCUT2D eigenvalue weighted by Gasteiger charge is 2.35. The van der Waals surface area contributed by atoms with E-state index in [4.69, 9.17) is 5.73 Å². The second-order valence-electron chi connectivity index (χ2n) is 6.36. The quantitative estimate of drug-likeness (QED) is 0.866. The Morgan fingerprint density at radius 3 is 2.60 bits per heavy atom. The van der Waals surface area contributed by atoms with Crippen LogP contribution in [0.1, 0.15) is 41.8 Å². The summed E-state index contributed by atoms with van der Waals surface area (Å²) in [4.78, 5) is 14.6. The Balaban J connectivity index is 0.00000200. The Morgan fingerprint density at radius 1 is 1.35 bits per heavy atom. The third-order valence-electron chi connectivity index (χ3n) is 4.43. The van der Waals surface area contributed by atoms with Crippen LogP contribution in [0.25, 0.3) is 0 Å². The molecule has 1 unspecified atom stereocenters. The molecular formula is C16H25ClN2O. The SMILES string of the molecule is Cc1cccc(C(=O)N2CCC(N)C(C)(C)C2)c1C.Cl. The predicted molar refractivity (Wildman–Crippen MR) is 85.4 cm³/mol. The summed E-state index contributed by atoms with van der Waals surface area (Å²) in [6.45, 7) is 9.84. The normalized spacial score (nSPS) is 21.2. The van der Waals surface area contributed by atoms with Crippen LogP contribution in [0.15, 0.2) is 18.2 Å². The molecule has 0 radical (unpaired) electrons. The third-order valence-corrected chi connectivity index (χ3v) is 4.43. The minimum absolute atomic E-state index is 0. The van der Waals surface area contributed by atoms with Crippen LogP contribution < -0.4 is 5.73 Å². The number of nitrogens with zero attached hydrogens (tertiary/aromatic N) is 1. The zero-order chi connectivity index (χ0) is 14.2. The molecule has 20 heavy (non-hydrogen) atoms. The first-order valence-electron chi connectivity index (χ1n) is 6.94. The number of likely N-dealkylation sites (tertiary alicyclic amines) is 1. The van der Waals surface area contributed by atoms with E-state index in [-0.39, 0.29) is 29.8 Å². The summed E-state index contributed by atoms with van der Waals surface area (Å²) in [6.07, 6.45) is 0.879. The highest BCUT2D eigenvalue weighted by Crippen LogP contribution is 2.29. The fourth-order valence-electron chi connectivity index (χ4n) is 2.70. The zero-order valence-electron chi connectivity index (χ0n) is 12.8. The molecule has 2 N–H and O–H groups in total. The van der Waals surface area contributed by atoms with Crippen molar-refractivity contribution in [3.63, 3.8) is 0 Å². The number of benzene rings is 1. The molecule has 1 fully saturated rings. The van der Waals surface area contributed by atoms with Gasteiger partial charge in [0, 0.05) is 24.7 Å². The van der Waals surface area contributed by atoms with E-state index in [2.05, 4.69) is 13.8 Å². The molecular weight excluding hydrogens is 272 g/mol. The van der Waals surface area contributed by atoms with Crippen LogP contribution in [-0.4, -0.2) is 29.9 Å². The van der Waals surface area contributed by atoms with Gasteiger partial charge in [-0.3, -0.25) is 4.79 Å². The molecule has 4 heteroatoms. The van der Waals surface area contributed by atoms with Crippen molar-refractivity contribution in [2.45, 2.75) is 40.2 Å². The fourth-order valence-corrected chi connectivity index (χ4v) is 2.70. The number of hydrogen-bond acceptors (Lipinski definition) is 2. The molecule has 1 aliphatic heterocycles. The first-order valence-corrected chi connectivity index (χ1v) is 6.94. The summed E-state index contributed by atoms with van der Waals surface area (Å²) < 4.78 is 0.